The highest BCUT2D eigenvalue weighted by Gasteiger charge is 2.19. The van der Waals surface area contributed by atoms with Gasteiger partial charge in [-0.15, -0.1) is 0 Å². The number of carbonyl (C=O) groups excluding carboxylic acids is 2. The normalized spacial score (nSPS) is 15.0. The second kappa shape index (κ2) is 5.08. The summed E-state index contributed by atoms with van der Waals surface area (Å²) in [7, 11) is 0. The SMILES string of the molecule is C[C@H](N)C(=O)OC(=O)[C@H](C)NCl. The highest BCUT2D eigenvalue weighted by Crippen LogP contribution is 1.91. The molecule has 0 rings (SSSR count). The monoisotopic (exact) mass is 194 g/mol. The van der Waals surface area contributed by atoms with Crippen LogP contribution in [-0.2, 0) is 14.3 Å². The molecule has 0 saturated carbocycles. The lowest BCUT2D eigenvalue weighted by molar-refractivity contribution is -0.161. The summed E-state index contributed by atoms with van der Waals surface area (Å²) < 4.78 is 4.31. The van der Waals surface area contributed by atoms with E-state index in [1.54, 1.807) is 0 Å². The molecule has 0 spiro atoms. The van der Waals surface area contributed by atoms with Gasteiger partial charge in [-0.3, -0.25) is 0 Å². The third kappa shape index (κ3) is 3.66. The Morgan fingerprint density at radius 2 is 1.92 bits per heavy atom. The van der Waals surface area contributed by atoms with Crippen molar-refractivity contribution in [3.63, 3.8) is 0 Å². The Kier molecular flexibility index (Phi) is 4.80. The molecule has 0 radical (unpaired) electrons. The van der Waals surface area contributed by atoms with E-state index in [2.05, 4.69) is 9.57 Å². The first-order valence-corrected chi connectivity index (χ1v) is 3.74. The van der Waals surface area contributed by atoms with Crippen molar-refractivity contribution < 1.29 is 14.3 Å². The zero-order valence-electron chi connectivity index (χ0n) is 6.83. The lowest BCUT2D eigenvalue weighted by atomic mass is 10.3. The maximum absolute atomic E-state index is 10.8. The highest BCUT2D eigenvalue weighted by molar-refractivity contribution is 6.15. The summed E-state index contributed by atoms with van der Waals surface area (Å²) in [6.07, 6.45) is 0. The number of hydrogen-bond donors (Lipinski definition) is 2. The molecule has 2 atom stereocenters. The zero-order valence-corrected chi connectivity index (χ0v) is 7.59. The molecule has 70 valence electrons. The number of hydrogen-bond acceptors (Lipinski definition) is 5. The van der Waals surface area contributed by atoms with Gasteiger partial charge in [0.1, 0.15) is 12.1 Å². The summed E-state index contributed by atoms with van der Waals surface area (Å²) >= 11 is 5.12. The van der Waals surface area contributed by atoms with Crippen LogP contribution in [0.5, 0.6) is 0 Å². The fraction of sp³-hybridized carbons (Fsp3) is 0.667. The van der Waals surface area contributed by atoms with E-state index >= 15 is 0 Å². The number of nitrogens with one attached hydrogen (secondary N) is 1. The molecule has 0 aromatic carbocycles. The third-order valence-electron chi connectivity index (χ3n) is 1.09. The standard InChI is InChI=1S/C6H11ClN2O3/c1-3(8)5(10)12-6(11)4(2)9-7/h3-4,9H,8H2,1-2H3/t3-,4-/m0/s1. The Labute approximate surface area is 75.3 Å². The molecule has 0 aliphatic carbocycles. The second-order valence-electron chi connectivity index (χ2n) is 2.36. The minimum atomic E-state index is -0.809. The molecule has 0 aliphatic rings. The molecular weight excluding hydrogens is 184 g/mol. The van der Waals surface area contributed by atoms with Gasteiger partial charge >= 0.3 is 11.9 Å². The molecule has 0 unspecified atom stereocenters. The van der Waals surface area contributed by atoms with Crippen LogP contribution in [-0.4, -0.2) is 24.0 Å². The van der Waals surface area contributed by atoms with Crippen LogP contribution in [0.2, 0.25) is 0 Å². The average Bonchev–Trinajstić information content (AvgIpc) is 2.02. The molecule has 5 nitrogen and oxygen atoms in total. The van der Waals surface area contributed by atoms with Crippen molar-refractivity contribution >= 4 is 23.7 Å². The van der Waals surface area contributed by atoms with Crippen molar-refractivity contribution in [1.29, 1.82) is 0 Å². The summed E-state index contributed by atoms with van der Waals surface area (Å²) in [4.78, 5) is 23.7. The van der Waals surface area contributed by atoms with E-state index in [0.717, 1.165) is 0 Å². The van der Waals surface area contributed by atoms with Crippen LogP contribution in [0.3, 0.4) is 0 Å². The lowest BCUT2D eigenvalue weighted by Crippen LogP contribution is -2.36. The molecule has 0 aromatic rings. The van der Waals surface area contributed by atoms with Gasteiger partial charge in [0.2, 0.25) is 0 Å². The van der Waals surface area contributed by atoms with Crippen LogP contribution in [0, 0.1) is 0 Å². The summed E-state index contributed by atoms with van der Waals surface area (Å²) in [5.74, 6) is -1.51. The number of ether oxygens (including phenoxy) is 1. The van der Waals surface area contributed by atoms with Crippen LogP contribution in [0.4, 0.5) is 0 Å². The third-order valence-corrected chi connectivity index (χ3v) is 1.42. The van der Waals surface area contributed by atoms with Crippen LogP contribution >= 0.6 is 11.8 Å². The highest BCUT2D eigenvalue weighted by atomic mass is 35.5. The van der Waals surface area contributed by atoms with Gasteiger partial charge in [-0.2, -0.15) is 0 Å². The van der Waals surface area contributed by atoms with E-state index in [0.29, 0.717) is 0 Å². The first-order chi connectivity index (χ1) is 5.49. The van der Waals surface area contributed by atoms with E-state index in [-0.39, 0.29) is 0 Å². The van der Waals surface area contributed by atoms with Crippen molar-refractivity contribution in [2.24, 2.45) is 5.73 Å². The predicted molar refractivity (Wildman–Crippen MR) is 43.2 cm³/mol. The molecule has 0 bridgehead atoms. The fourth-order valence-corrected chi connectivity index (χ4v) is 0.414. The maximum atomic E-state index is 10.8. The predicted octanol–water partition coefficient (Wildman–Crippen LogP) is -0.465. The smallest absolute Gasteiger partial charge is 0.331 e. The summed E-state index contributed by atoms with van der Waals surface area (Å²) in [5, 5.41) is 0. The maximum Gasteiger partial charge on any atom is 0.331 e. The number of rotatable bonds is 3. The fourth-order valence-electron chi connectivity index (χ4n) is 0.325. The van der Waals surface area contributed by atoms with Crippen LogP contribution < -0.4 is 10.6 Å². The van der Waals surface area contributed by atoms with E-state index in [1.165, 1.54) is 13.8 Å². The first kappa shape index (κ1) is 11.4. The van der Waals surface area contributed by atoms with Crippen molar-refractivity contribution in [3.8, 4) is 0 Å². The molecular formula is C6H11ClN2O3. The topological polar surface area (TPSA) is 81.4 Å². The first-order valence-electron chi connectivity index (χ1n) is 3.36. The van der Waals surface area contributed by atoms with Crippen LogP contribution in [0.1, 0.15) is 13.8 Å². The van der Waals surface area contributed by atoms with Gasteiger partial charge < -0.3 is 10.5 Å². The second-order valence-corrected chi connectivity index (χ2v) is 2.58. The van der Waals surface area contributed by atoms with E-state index < -0.39 is 24.0 Å². The Bertz CT molecular complexity index is 184. The summed E-state index contributed by atoms with van der Waals surface area (Å²) in [5.41, 5.74) is 5.15. The van der Waals surface area contributed by atoms with Gasteiger partial charge in [-0.05, 0) is 25.6 Å². The molecule has 3 N–H and O–H groups in total. The van der Waals surface area contributed by atoms with Gasteiger partial charge in [0.25, 0.3) is 0 Å². The number of nitrogens with two attached hydrogens (primary N) is 1. The quantitative estimate of drug-likeness (QED) is 0.361. The number of carbonyl (C=O) groups is 2. The van der Waals surface area contributed by atoms with Crippen molar-refractivity contribution in [3.05, 3.63) is 0 Å². The molecule has 0 aromatic heterocycles. The van der Waals surface area contributed by atoms with Gasteiger partial charge in [0, 0.05) is 0 Å². The number of halogens is 1. The Morgan fingerprint density at radius 3 is 2.25 bits per heavy atom. The van der Waals surface area contributed by atoms with Crippen molar-refractivity contribution in [1.82, 2.24) is 4.84 Å². The van der Waals surface area contributed by atoms with Crippen LogP contribution in [0.25, 0.3) is 0 Å². The van der Waals surface area contributed by atoms with Gasteiger partial charge in [-0.25, -0.2) is 14.4 Å². The van der Waals surface area contributed by atoms with E-state index in [9.17, 15) is 9.59 Å². The van der Waals surface area contributed by atoms with Gasteiger partial charge in [-0.1, -0.05) is 0 Å². The largest absolute Gasteiger partial charge is 0.391 e. The average molecular weight is 195 g/mol. The van der Waals surface area contributed by atoms with Crippen molar-refractivity contribution in [2.75, 3.05) is 0 Å². The van der Waals surface area contributed by atoms with E-state index in [1.807, 2.05) is 0 Å². The molecule has 0 fully saturated rings. The van der Waals surface area contributed by atoms with E-state index in [4.69, 9.17) is 17.5 Å². The Hall–Kier alpha value is -0.650. The molecule has 6 heteroatoms. The Balaban J connectivity index is 3.93. The molecule has 12 heavy (non-hydrogen) atoms. The minimum absolute atomic E-state index is 0.727. The zero-order chi connectivity index (χ0) is 9.72. The molecule has 0 aliphatic heterocycles. The Morgan fingerprint density at radius 1 is 1.42 bits per heavy atom. The van der Waals surface area contributed by atoms with Crippen LogP contribution in [0.15, 0.2) is 0 Å². The molecule has 0 amide bonds. The van der Waals surface area contributed by atoms with Crippen molar-refractivity contribution in [2.45, 2.75) is 25.9 Å². The number of esters is 2. The molecule has 0 saturated heterocycles. The minimum Gasteiger partial charge on any atom is -0.391 e. The summed E-state index contributed by atoms with van der Waals surface area (Å²) in [6, 6.07) is -1.54. The summed E-state index contributed by atoms with van der Waals surface area (Å²) in [6.45, 7) is 2.89. The van der Waals surface area contributed by atoms with Gasteiger partial charge in [0.05, 0.1) is 0 Å². The lowest BCUT2D eigenvalue weighted by Gasteiger charge is -2.08. The molecule has 0 heterocycles. The van der Waals surface area contributed by atoms with Gasteiger partial charge in [0.15, 0.2) is 0 Å².